The number of hydrogen-bond acceptors (Lipinski definition) is 5. The van der Waals surface area contributed by atoms with Gasteiger partial charge >= 0.3 is 0 Å². The lowest BCUT2D eigenvalue weighted by molar-refractivity contribution is 0.198. The summed E-state index contributed by atoms with van der Waals surface area (Å²) >= 11 is 1.42. The van der Waals surface area contributed by atoms with Gasteiger partial charge in [-0.05, 0) is 12.8 Å². The van der Waals surface area contributed by atoms with Crippen LogP contribution in [0.3, 0.4) is 0 Å². The molecule has 1 aromatic heterocycles. The average molecular weight is 227 g/mol. The van der Waals surface area contributed by atoms with Crippen LogP contribution < -0.4 is 10.5 Å². The molecule has 4 nitrogen and oxygen atoms in total. The number of nitrogens with two attached hydrogens (primary N) is 1. The summed E-state index contributed by atoms with van der Waals surface area (Å²) in [7, 11) is 0. The fourth-order valence-electron chi connectivity index (χ4n) is 2.01. The van der Waals surface area contributed by atoms with Crippen LogP contribution in [-0.2, 0) is 0 Å². The number of rotatable bonds is 3. The smallest absolute Gasteiger partial charge is 0.293 e. The minimum atomic E-state index is -0.151. The van der Waals surface area contributed by atoms with Crippen LogP contribution in [0.1, 0.15) is 38.5 Å². The van der Waals surface area contributed by atoms with Gasteiger partial charge in [-0.25, -0.2) is 0 Å². The zero-order valence-electron chi connectivity index (χ0n) is 8.82. The van der Waals surface area contributed by atoms with Crippen molar-refractivity contribution in [3.63, 3.8) is 0 Å². The van der Waals surface area contributed by atoms with Crippen molar-refractivity contribution in [1.82, 2.24) is 10.2 Å². The minimum Gasteiger partial charge on any atom is -0.467 e. The predicted molar refractivity (Wildman–Crippen MR) is 60.0 cm³/mol. The molecule has 84 valence electrons. The summed E-state index contributed by atoms with van der Waals surface area (Å²) in [6.45, 7) is 0.572. The van der Waals surface area contributed by atoms with E-state index in [1.807, 2.05) is 0 Å². The molecule has 0 unspecified atom stereocenters. The standard InChI is InChI=1S/C10H17N3OS/c11-10(5-3-1-2-4-6-10)7-14-9-13-12-8-15-9/h8H,1-7,11H2. The summed E-state index contributed by atoms with van der Waals surface area (Å²) in [5.41, 5.74) is 7.83. The third kappa shape index (κ3) is 3.14. The van der Waals surface area contributed by atoms with E-state index in [9.17, 15) is 0 Å². The van der Waals surface area contributed by atoms with E-state index in [4.69, 9.17) is 10.5 Å². The second kappa shape index (κ2) is 4.90. The number of ether oxygens (including phenoxy) is 1. The molecular weight excluding hydrogens is 210 g/mol. The first-order chi connectivity index (χ1) is 7.29. The van der Waals surface area contributed by atoms with E-state index < -0.39 is 0 Å². The summed E-state index contributed by atoms with van der Waals surface area (Å²) in [6, 6.07) is 0. The Morgan fingerprint density at radius 2 is 2.07 bits per heavy atom. The lowest BCUT2D eigenvalue weighted by Crippen LogP contribution is -2.45. The fourth-order valence-corrected chi connectivity index (χ4v) is 2.41. The third-order valence-electron chi connectivity index (χ3n) is 2.92. The summed E-state index contributed by atoms with van der Waals surface area (Å²) in [6.07, 6.45) is 7.17. The lowest BCUT2D eigenvalue weighted by Gasteiger charge is -2.26. The maximum absolute atomic E-state index is 6.31. The number of nitrogens with zero attached hydrogens (tertiary/aromatic N) is 2. The van der Waals surface area contributed by atoms with Gasteiger partial charge in [-0.1, -0.05) is 37.0 Å². The third-order valence-corrected chi connectivity index (χ3v) is 3.52. The Kier molecular flexibility index (Phi) is 3.53. The van der Waals surface area contributed by atoms with Crippen LogP contribution in [0.2, 0.25) is 0 Å². The van der Waals surface area contributed by atoms with Gasteiger partial charge in [-0.3, -0.25) is 0 Å². The Morgan fingerprint density at radius 1 is 1.33 bits per heavy atom. The first-order valence-corrected chi connectivity index (χ1v) is 6.34. The van der Waals surface area contributed by atoms with Crippen LogP contribution in [0.5, 0.6) is 5.19 Å². The van der Waals surface area contributed by atoms with Crippen molar-refractivity contribution < 1.29 is 4.74 Å². The summed E-state index contributed by atoms with van der Waals surface area (Å²) in [5.74, 6) is 0. The molecule has 0 saturated heterocycles. The Balaban J connectivity index is 1.86. The first kappa shape index (κ1) is 10.8. The van der Waals surface area contributed by atoms with Crippen LogP contribution in [0.4, 0.5) is 0 Å². The molecule has 1 aliphatic rings. The van der Waals surface area contributed by atoms with Gasteiger partial charge in [-0.2, -0.15) is 0 Å². The van der Waals surface area contributed by atoms with Crippen LogP contribution in [-0.4, -0.2) is 22.3 Å². The van der Waals surface area contributed by atoms with Crippen molar-refractivity contribution in [2.45, 2.75) is 44.1 Å². The molecule has 0 atom stereocenters. The van der Waals surface area contributed by atoms with Gasteiger partial charge in [-0.15, -0.1) is 10.2 Å². The molecule has 2 rings (SSSR count). The van der Waals surface area contributed by atoms with Crippen molar-refractivity contribution in [1.29, 1.82) is 0 Å². The van der Waals surface area contributed by atoms with Gasteiger partial charge in [0.2, 0.25) is 0 Å². The Morgan fingerprint density at radius 3 is 2.67 bits per heavy atom. The van der Waals surface area contributed by atoms with Gasteiger partial charge in [0.25, 0.3) is 5.19 Å². The van der Waals surface area contributed by atoms with Crippen molar-refractivity contribution in [2.24, 2.45) is 5.73 Å². The molecule has 1 heterocycles. The number of aromatic nitrogens is 2. The van der Waals surface area contributed by atoms with Gasteiger partial charge in [0.05, 0.1) is 5.54 Å². The summed E-state index contributed by atoms with van der Waals surface area (Å²) < 4.78 is 5.56. The van der Waals surface area contributed by atoms with E-state index in [0.29, 0.717) is 11.8 Å². The van der Waals surface area contributed by atoms with Crippen LogP contribution in [0.25, 0.3) is 0 Å². The maximum atomic E-state index is 6.31. The Bertz CT molecular complexity index is 281. The molecule has 1 aliphatic carbocycles. The van der Waals surface area contributed by atoms with Crippen molar-refractivity contribution >= 4 is 11.3 Å². The van der Waals surface area contributed by atoms with Crippen molar-refractivity contribution in [2.75, 3.05) is 6.61 Å². The highest BCUT2D eigenvalue weighted by Gasteiger charge is 2.27. The zero-order chi connectivity index (χ0) is 10.6. The van der Waals surface area contributed by atoms with Crippen LogP contribution in [0, 0.1) is 0 Å². The topological polar surface area (TPSA) is 61.0 Å². The molecule has 1 saturated carbocycles. The molecule has 1 fully saturated rings. The minimum absolute atomic E-state index is 0.151. The predicted octanol–water partition coefficient (Wildman–Crippen LogP) is 1.97. The SMILES string of the molecule is NC1(COc2nncs2)CCCCCC1. The largest absolute Gasteiger partial charge is 0.467 e. The highest BCUT2D eigenvalue weighted by molar-refractivity contribution is 7.11. The molecule has 1 aromatic rings. The normalized spacial score (nSPS) is 20.9. The second-order valence-electron chi connectivity index (χ2n) is 4.27. The molecule has 0 spiro atoms. The average Bonchev–Trinajstić information content (AvgIpc) is 2.65. The first-order valence-electron chi connectivity index (χ1n) is 5.46. The monoisotopic (exact) mass is 227 g/mol. The molecule has 0 bridgehead atoms. The van der Waals surface area contributed by atoms with Gasteiger partial charge in [0.1, 0.15) is 12.1 Å². The maximum Gasteiger partial charge on any atom is 0.293 e. The van der Waals surface area contributed by atoms with Gasteiger partial charge in [0, 0.05) is 0 Å². The number of hydrogen-bond donors (Lipinski definition) is 1. The lowest BCUT2D eigenvalue weighted by atomic mass is 9.93. The summed E-state index contributed by atoms with van der Waals surface area (Å²) in [4.78, 5) is 0. The van der Waals surface area contributed by atoms with Gasteiger partial charge in [0.15, 0.2) is 0 Å². The quantitative estimate of drug-likeness (QED) is 0.802. The van der Waals surface area contributed by atoms with Crippen LogP contribution in [0.15, 0.2) is 5.51 Å². The van der Waals surface area contributed by atoms with E-state index in [1.54, 1.807) is 5.51 Å². The molecule has 0 amide bonds. The van der Waals surface area contributed by atoms with Crippen molar-refractivity contribution in [3.8, 4) is 5.19 Å². The van der Waals surface area contributed by atoms with E-state index in [-0.39, 0.29) is 5.54 Å². The molecule has 0 radical (unpaired) electrons. The van der Waals surface area contributed by atoms with E-state index in [0.717, 1.165) is 12.8 Å². The summed E-state index contributed by atoms with van der Waals surface area (Å²) in [5, 5.41) is 8.20. The zero-order valence-corrected chi connectivity index (χ0v) is 9.63. The van der Waals surface area contributed by atoms with E-state index >= 15 is 0 Å². The highest BCUT2D eigenvalue weighted by Crippen LogP contribution is 2.26. The molecule has 0 aliphatic heterocycles. The Labute approximate surface area is 93.8 Å². The second-order valence-corrected chi connectivity index (χ2v) is 5.07. The Hall–Kier alpha value is -0.680. The van der Waals surface area contributed by atoms with E-state index in [1.165, 1.54) is 37.0 Å². The van der Waals surface area contributed by atoms with Crippen molar-refractivity contribution in [3.05, 3.63) is 5.51 Å². The van der Waals surface area contributed by atoms with Crippen LogP contribution >= 0.6 is 11.3 Å². The molecule has 15 heavy (non-hydrogen) atoms. The molecular formula is C10H17N3OS. The molecule has 5 heteroatoms. The highest BCUT2D eigenvalue weighted by atomic mass is 32.1. The molecule has 0 aromatic carbocycles. The van der Waals surface area contributed by atoms with Gasteiger partial charge < -0.3 is 10.5 Å². The van der Waals surface area contributed by atoms with E-state index in [2.05, 4.69) is 10.2 Å². The fraction of sp³-hybridized carbons (Fsp3) is 0.800. The molecule has 2 N–H and O–H groups in total.